The normalized spacial score (nSPS) is 26.5. The van der Waals surface area contributed by atoms with Gasteiger partial charge in [0, 0.05) is 22.4 Å². The fourth-order valence-electron chi connectivity index (χ4n) is 8.77. The SMILES string of the molecule is C[C@@H](O)[C@H]1C(=O)N2C(C(=O)O)=C(c3ccc4c(c3)-c3ccc(C[N+]56CC[N+](CC(=O)Nc7ccccc7)(CC5)CC6)cc3C4=O)C[C@H]12.[Cl-].[Cl-]. The molecule has 5 heterocycles. The second-order valence-electron chi connectivity index (χ2n) is 14.1. The first kappa shape index (κ1) is 34.8. The highest BCUT2D eigenvalue weighted by molar-refractivity contribution is 6.22. The van der Waals surface area contributed by atoms with Crippen molar-refractivity contribution in [2.75, 3.05) is 51.1 Å². The van der Waals surface area contributed by atoms with Crippen LogP contribution in [0, 0.1) is 5.92 Å². The average molecular weight is 706 g/mol. The van der Waals surface area contributed by atoms with Crippen LogP contribution in [0.25, 0.3) is 16.7 Å². The van der Waals surface area contributed by atoms with E-state index in [-0.39, 0.29) is 54.2 Å². The Morgan fingerprint density at radius 3 is 2.16 bits per heavy atom. The van der Waals surface area contributed by atoms with E-state index in [2.05, 4.69) is 11.4 Å². The molecule has 3 atom stereocenters. The summed E-state index contributed by atoms with van der Waals surface area (Å²) in [5, 5.41) is 23.2. The Labute approximate surface area is 297 Å². The van der Waals surface area contributed by atoms with Gasteiger partial charge in [-0.1, -0.05) is 36.4 Å². The number of aliphatic carboxylic acids is 1. The van der Waals surface area contributed by atoms with Crippen LogP contribution < -0.4 is 30.1 Å². The number of para-hydroxylation sites is 1. The summed E-state index contributed by atoms with van der Waals surface area (Å²) >= 11 is 0. The number of quaternary nitrogens is 2. The van der Waals surface area contributed by atoms with E-state index < -0.39 is 18.0 Å². The first-order chi connectivity index (χ1) is 22.6. The van der Waals surface area contributed by atoms with E-state index in [1.54, 1.807) is 19.1 Å². The number of β-lactam (4-membered cyclic amide) rings is 1. The zero-order valence-corrected chi connectivity index (χ0v) is 28.6. The van der Waals surface area contributed by atoms with Crippen LogP contribution >= 0.6 is 0 Å². The summed E-state index contributed by atoms with van der Waals surface area (Å²) in [4.78, 5) is 52.8. The van der Waals surface area contributed by atoms with E-state index in [0.717, 1.165) is 77.2 Å². The lowest BCUT2D eigenvalue weighted by molar-refractivity contribution is -1.08. The van der Waals surface area contributed by atoms with Gasteiger partial charge in [-0.15, -0.1) is 0 Å². The molecule has 49 heavy (non-hydrogen) atoms. The van der Waals surface area contributed by atoms with E-state index in [1.165, 1.54) is 4.90 Å². The number of carboxylic acid groups (broad SMARTS) is 1. The number of fused-ring (bicyclic) bond motifs is 7. The number of aliphatic hydroxyl groups excluding tert-OH is 1. The molecule has 2 amide bonds. The molecule has 3 aromatic carbocycles. The lowest BCUT2D eigenvalue weighted by Gasteiger charge is -2.55. The highest BCUT2D eigenvalue weighted by Crippen LogP contribution is 2.48. The molecule has 10 nitrogen and oxygen atoms in total. The molecule has 0 aromatic heterocycles. The lowest BCUT2D eigenvalue weighted by Crippen LogP contribution is -3.00. The molecule has 2 bridgehead atoms. The number of nitrogens with zero attached hydrogens (tertiary/aromatic N) is 3. The first-order valence-electron chi connectivity index (χ1n) is 16.4. The van der Waals surface area contributed by atoms with Crippen molar-refractivity contribution >= 4 is 34.8 Å². The topological polar surface area (TPSA) is 124 Å². The predicted octanol–water partition coefficient (Wildman–Crippen LogP) is -2.89. The second kappa shape index (κ2) is 12.7. The number of benzene rings is 3. The minimum Gasteiger partial charge on any atom is -1.00 e. The number of nitrogens with one attached hydrogen (secondary N) is 1. The molecule has 4 saturated heterocycles. The summed E-state index contributed by atoms with van der Waals surface area (Å²) in [5.74, 6) is -2.12. The Morgan fingerprint density at radius 1 is 0.857 bits per heavy atom. The van der Waals surface area contributed by atoms with Crippen molar-refractivity contribution in [1.29, 1.82) is 0 Å². The van der Waals surface area contributed by atoms with E-state index in [1.807, 2.05) is 48.5 Å². The molecule has 0 saturated carbocycles. The average Bonchev–Trinajstić information content (AvgIpc) is 3.54. The van der Waals surface area contributed by atoms with Crippen molar-refractivity contribution in [3.63, 3.8) is 0 Å². The van der Waals surface area contributed by atoms with Gasteiger partial charge in [-0.2, -0.15) is 0 Å². The zero-order chi connectivity index (χ0) is 32.7. The summed E-state index contributed by atoms with van der Waals surface area (Å²) in [6, 6.07) is 20.8. The van der Waals surface area contributed by atoms with Gasteiger partial charge in [0.05, 0.1) is 18.1 Å². The maximum absolute atomic E-state index is 13.6. The van der Waals surface area contributed by atoms with Crippen LogP contribution in [0.2, 0.25) is 0 Å². The number of carbonyl (C=O) groups is 4. The van der Waals surface area contributed by atoms with Crippen LogP contribution in [0.1, 0.15) is 40.4 Å². The van der Waals surface area contributed by atoms with Crippen molar-refractivity contribution in [2.24, 2.45) is 5.92 Å². The summed E-state index contributed by atoms with van der Waals surface area (Å²) in [7, 11) is 0. The molecule has 12 heteroatoms. The molecule has 0 spiro atoms. The van der Waals surface area contributed by atoms with Crippen molar-refractivity contribution < 1.29 is 63.2 Å². The Bertz CT molecular complexity index is 1890. The Kier molecular flexibility index (Phi) is 9.00. The summed E-state index contributed by atoms with van der Waals surface area (Å²) < 4.78 is 1.78. The van der Waals surface area contributed by atoms with Gasteiger partial charge in [0.15, 0.2) is 12.3 Å². The maximum atomic E-state index is 13.6. The van der Waals surface area contributed by atoms with Gasteiger partial charge in [-0.3, -0.25) is 14.4 Å². The maximum Gasteiger partial charge on any atom is 0.352 e. The minimum atomic E-state index is -1.17. The van der Waals surface area contributed by atoms with E-state index >= 15 is 0 Å². The van der Waals surface area contributed by atoms with Crippen LogP contribution in [0.4, 0.5) is 5.69 Å². The van der Waals surface area contributed by atoms with Crippen LogP contribution in [0.15, 0.2) is 72.4 Å². The number of rotatable bonds is 8. The van der Waals surface area contributed by atoms with Crippen LogP contribution in [-0.2, 0) is 20.9 Å². The standard InChI is InChI=1S/C37H36N4O6.2ClH/c1-22(42)33-31-19-28(34(37(46)47)39(31)36(33)45)24-8-10-27-29(18-24)26-9-7-23(17-30(26)35(27)44)20-40-11-14-41(15-12-40,16-13-40)21-32(43)38-25-5-3-2-4-6-25;;/h2-10,17-18,22,31,33,42H,11-16,19-21H2,1H3;2*1H/t22-,31-,33-,40?,41?;;/m1../s1. The number of piperazine rings is 3. The molecule has 0 radical (unpaired) electrons. The molecule has 6 aliphatic rings. The summed E-state index contributed by atoms with van der Waals surface area (Å²) in [5.41, 5.74) is 6.01. The molecule has 1 aliphatic carbocycles. The molecule has 3 aromatic rings. The van der Waals surface area contributed by atoms with Gasteiger partial charge < -0.3 is 54.2 Å². The van der Waals surface area contributed by atoms with Crippen LogP contribution in [-0.4, -0.2) is 106 Å². The molecular formula is C37H38Cl2N4O6. The Balaban J connectivity index is 0.00000208. The van der Waals surface area contributed by atoms with Crippen molar-refractivity contribution in [1.82, 2.24) is 4.90 Å². The van der Waals surface area contributed by atoms with E-state index in [0.29, 0.717) is 35.2 Å². The number of carbonyl (C=O) groups excluding carboxylic acids is 3. The largest absolute Gasteiger partial charge is 1.00 e. The van der Waals surface area contributed by atoms with Crippen molar-refractivity contribution in [3.05, 3.63) is 94.7 Å². The van der Waals surface area contributed by atoms with Gasteiger partial charge >= 0.3 is 5.97 Å². The molecule has 0 unspecified atom stereocenters. The molecule has 3 N–H and O–H groups in total. The first-order valence-corrected chi connectivity index (χ1v) is 16.4. The summed E-state index contributed by atoms with van der Waals surface area (Å²) in [6.07, 6.45) is -0.510. The summed E-state index contributed by atoms with van der Waals surface area (Å²) in [6.45, 7) is 8.72. The Morgan fingerprint density at radius 2 is 1.51 bits per heavy atom. The third-order valence-corrected chi connectivity index (χ3v) is 11.4. The van der Waals surface area contributed by atoms with Gasteiger partial charge in [0.25, 0.3) is 5.91 Å². The molecule has 9 rings (SSSR count). The number of hydrogen-bond acceptors (Lipinski definition) is 5. The lowest BCUT2D eigenvalue weighted by atomic mass is 9.82. The quantitative estimate of drug-likeness (QED) is 0.134. The number of amides is 2. The number of aliphatic hydroxyl groups is 1. The monoisotopic (exact) mass is 704 g/mol. The fourth-order valence-corrected chi connectivity index (χ4v) is 8.77. The third kappa shape index (κ3) is 5.65. The van der Waals surface area contributed by atoms with Crippen LogP contribution in [0.3, 0.4) is 0 Å². The number of anilines is 1. The number of hydrogen-bond donors (Lipinski definition) is 3. The molecule has 4 fully saturated rings. The fraction of sp³-hybridized carbons (Fsp3) is 0.351. The van der Waals surface area contributed by atoms with Gasteiger partial charge in [-0.25, -0.2) is 4.79 Å². The van der Waals surface area contributed by atoms with Gasteiger partial charge in [0.2, 0.25) is 5.91 Å². The molecule has 256 valence electrons. The van der Waals surface area contributed by atoms with Crippen LogP contribution in [0.5, 0.6) is 0 Å². The zero-order valence-electron chi connectivity index (χ0n) is 27.1. The molecule has 5 aliphatic heterocycles. The van der Waals surface area contributed by atoms with Gasteiger partial charge in [0.1, 0.15) is 51.5 Å². The third-order valence-electron chi connectivity index (χ3n) is 11.4. The van der Waals surface area contributed by atoms with Crippen molar-refractivity contribution in [3.8, 4) is 11.1 Å². The van der Waals surface area contributed by atoms with Gasteiger partial charge in [-0.05, 0) is 65.9 Å². The Hall–Kier alpha value is -4.06. The molecular weight excluding hydrogens is 667 g/mol. The van der Waals surface area contributed by atoms with E-state index in [4.69, 9.17) is 0 Å². The number of ketones is 1. The van der Waals surface area contributed by atoms with Crippen molar-refractivity contribution in [2.45, 2.75) is 32.0 Å². The highest BCUT2D eigenvalue weighted by atomic mass is 35.5. The minimum absolute atomic E-state index is 0. The number of halogens is 2. The smallest absolute Gasteiger partial charge is 0.352 e. The number of carboxylic acids is 1. The van der Waals surface area contributed by atoms with E-state index in [9.17, 15) is 29.4 Å². The second-order valence-corrected chi connectivity index (χ2v) is 14.1. The highest BCUT2D eigenvalue weighted by Gasteiger charge is 2.57. The predicted molar refractivity (Wildman–Crippen MR) is 174 cm³/mol.